The third kappa shape index (κ3) is 6.23. The van der Waals surface area contributed by atoms with Crippen molar-refractivity contribution < 1.29 is 0 Å². The van der Waals surface area contributed by atoms with E-state index in [1.807, 2.05) is 17.9 Å². The van der Waals surface area contributed by atoms with Crippen molar-refractivity contribution in [3.05, 3.63) is 18.0 Å². The summed E-state index contributed by atoms with van der Waals surface area (Å²) in [7, 11) is 1.94. The number of hydrogen-bond donors (Lipinski definition) is 2. The predicted molar refractivity (Wildman–Crippen MR) is 111 cm³/mol. The van der Waals surface area contributed by atoms with Gasteiger partial charge in [0.05, 0.1) is 6.20 Å². The summed E-state index contributed by atoms with van der Waals surface area (Å²) in [6.45, 7) is 12.9. The molecule has 0 spiro atoms. The molecule has 6 nitrogen and oxygen atoms in total. The Labute approximate surface area is 163 Å². The lowest BCUT2D eigenvalue weighted by Gasteiger charge is -2.21. The Hall–Kier alpha value is -0.830. The third-order valence-corrected chi connectivity index (χ3v) is 4.47. The lowest BCUT2D eigenvalue weighted by Crippen LogP contribution is -2.46. The van der Waals surface area contributed by atoms with Crippen molar-refractivity contribution in [1.29, 1.82) is 0 Å². The molecule has 7 heteroatoms. The van der Waals surface area contributed by atoms with Gasteiger partial charge >= 0.3 is 0 Å². The number of nitrogens with one attached hydrogen (secondary N) is 2. The smallest absolute Gasteiger partial charge is 0.191 e. The van der Waals surface area contributed by atoms with E-state index in [1.165, 1.54) is 5.56 Å². The Bertz CT molecular complexity index is 513. The fourth-order valence-corrected chi connectivity index (χ4v) is 3.01. The van der Waals surface area contributed by atoms with Crippen LogP contribution in [0.4, 0.5) is 0 Å². The number of guanidine groups is 1. The summed E-state index contributed by atoms with van der Waals surface area (Å²) in [5.41, 5.74) is 1.23. The summed E-state index contributed by atoms with van der Waals surface area (Å²) in [5.74, 6) is 1.57. The second kappa shape index (κ2) is 10.2. The quantitative estimate of drug-likeness (QED) is 0.397. The number of likely N-dealkylation sites (tertiary alicyclic amines) is 1. The maximum atomic E-state index is 4.72. The minimum absolute atomic E-state index is 0. The molecule has 1 saturated heterocycles. The molecule has 1 aromatic heterocycles. The molecule has 0 saturated carbocycles. The monoisotopic (exact) mass is 448 g/mol. The molecule has 0 aromatic carbocycles. The van der Waals surface area contributed by atoms with Crippen LogP contribution in [0.15, 0.2) is 17.4 Å². The van der Waals surface area contributed by atoms with E-state index in [1.54, 1.807) is 0 Å². The SMILES string of the molecule is CCNC(=NCCc1cnn(C)c1)NC1CN(C(C)C)CC1C.I. The molecule has 1 aromatic rings. The molecule has 2 unspecified atom stereocenters. The standard InChI is InChI=1S/C17H32N6.HI/c1-6-18-17(19-8-7-15-9-20-22(5)11-15)21-16-12-23(13(2)3)10-14(16)4;/h9,11,13-14,16H,6-8,10,12H2,1-5H3,(H2,18,19,21);1H. The van der Waals surface area contributed by atoms with Crippen LogP contribution in [0.5, 0.6) is 0 Å². The largest absolute Gasteiger partial charge is 0.357 e. The minimum Gasteiger partial charge on any atom is -0.357 e. The van der Waals surface area contributed by atoms with Crippen LogP contribution >= 0.6 is 24.0 Å². The van der Waals surface area contributed by atoms with E-state index in [9.17, 15) is 0 Å². The molecule has 24 heavy (non-hydrogen) atoms. The molecule has 1 aliphatic heterocycles. The van der Waals surface area contributed by atoms with Crippen molar-refractivity contribution in [3.63, 3.8) is 0 Å². The van der Waals surface area contributed by atoms with Crippen LogP contribution in [0.25, 0.3) is 0 Å². The first-order valence-electron chi connectivity index (χ1n) is 8.76. The lowest BCUT2D eigenvalue weighted by molar-refractivity contribution is 0.265. The van der Waals surface area contributed by atoms with Gasteiger partial charge in [-0.1, -0.05) is 6.92 Å². The van der Waals surface area contributed by atoms with Gasteiger partial charge in [0.2, 0.25) is 0 Å². The van der Waals surface area contributed by atoms with Crippen LogP contribution in [0, 0.1) is 5.92 Å². The molecule has 2 N–H and O–H groups in total. The van der Waals surface area contributed by atoms with Gasteiger partial charge in [-0.05, 0) is 38.7 Å². The maximum Gasteiger partial charge on any atom is 0.191 e. The van der Waals surface area contributed by atoms with Crippen molar-refractivity contribution in [3.8, 4) is 0 Å². The highest BCUT2D eigenvalue weighted by atomic mass is 127. The maximum absolute atomic E-state index is 4.72. The van der Waals surface area contributed by atoms with E-state index in [-0.39, 0.29) is 24.0 Å². The Morgan fingerprint density at radius 1 is 1.42 bits per heavy atom. The molecule has 2 heterocycles. The van der Waals surface area contributed by atoms with Crippen LogP contribution < -0.4 is 10.6 Å². The summed E-state index contributed by atoms with van der Waals surface area (Å²) in [5, 5.41) is 11.2. The molecule has 2 atom stereocenters. The van der Waals surface area contributed by atoms with Crippen LogP contribution in [-0.4, -0.2) is 58.9 Å². The van der Waals surface area contributed by atoms with E-state index in [0.717, 1.165) is 38.6 Å². The Kier molecular flexibility index (Phi) is 9.04. The first kappa shape index (κ1) is 21.2. The zero-order chi connectivity index (χ0) is 16.8. The number of aliphatic imine (C=N–C) groups is 1. The highest BCUT2D eigenvalue weighted by Gasteiger charge is 2.31. The van der Waals surface area contributed by atoms with Crippen molar-refractivity contribution in [1.82, 2.24) is 25.3 Å². The number of halogens is 1. The summed E-state index contributed by atoms with van der Waals surface area (Å²) < 4.78 is 1.84. The molecule has 138 valence electrons. The number of rotatable bonds is 6. The summed E-state index contributed by atoms with van der Waals surface area (Å²) >= 11 is 0. The third-order valence-electron chi connectivity index (χ3n) is 4.47. The lowest BCUT2D eigenvalue weighted by atomic mass is 10.1. The molecular weight excluding hydrogens is 415 g/mol. The minimum atomic E-state index is 0. The van der Waals surface area contributed by atoms with E-state index < -0.39 is 0 Å². The van der Waals surface area contributed by atoms with Crippen molar-refractivity contribution >= 4 is 29.9 Å². The highest BCUT2D eigenvalue weighted by Crippen LogP contribution is 2.18. The van der Waals surface area contributed by atoms with Crippen molar-refractivity contribution in [2.45, 2.75) is 46.2 Å². The summed E-state index contributed by atoms with van der Waals surface area (Å²) in [6, 6.07) is 1.07. The second-order valence-electron chi connectivity index (χ2n) is 6.81. The summed E-state index contributed by atoms with van der Waals surface area (Å²) in [6.07, 6.45) is 4.88. The Morgan fingerprint density at radius 2 is 2.17 bits per heavy atom. The highest BCUT2D eigenvalue weighted by molar-refractivity contribution is 14.0. The van der Waals surface area contributed by atoms with Crippen molar-refractivity contribution in [2.24, 2.45) is 18.0 Å². The normalized spacial score (nSPS) is 21.8. The van der Waals surface area contributed by atoms with E-state index in [0.29, 0.717) is 18.0 Å². The second-order valence-corrected chi connectivity index (χ2v) is 6.81. The molecule has 0 bridgehead atoms. The molecule has 2 rings (SSSR count). The van der Waals surface area contributed by atoms with E-state index in [4.69, 9.17) is 4.99 Å². The first-order chi connectivity index (χ1) is 11.0. The van der Waals surface area contributed by atoms with Gasteiger partial charge in [-0.25, -0.2) is 0 Å². The molecular formula is C17H33IN6. The molecule has 0 amide bonds. The summed E-state index contributed by atoms with van der Waals surface area (Å²) in [4.78, 5) is 7.25. The zero-order valence-corrected chi connectivity index (χ0v) is 17.9. The molecule has 1 fully saturated rings. The molecule has 0 aliphatic carbocycles. The number of aromatic nitrogens is 2. The van der Waals surface area contributed by atoms with Crippen molar-refractivity contribution in [2.75, 3.05) is 26.2 Å². The van der Waals surface area contributed by atoms with Gasteiger partial charge in [-0.3, -0.25) is 14.6 Å². The predicted octanol–water partition coefficient (Wildman–Crippen LogP) is 1.86. The topological polar surface area (TPSA) is 57.5 Å². The van der Waals surface area contributed by atoms with Gasteiger partial charge in [0.1, 0.15) is 0 Å². The van der Waals surface area contributed by atoms with Gasteiger partial charge < -0.3 is 10.6 Å². The van der Waals surface area contributed by atoms with Gasteiger partial charge in [0.15, 0.2) is 5.96 Å². The average molecular weight is 448 g/mol. The van der Waals surface area contributed by atoms with Gasteiger partial charge in [-0.2, -0.15) is 5.10 Å². The first-order valence-corrected chi connectivity index (χ1v) is 8.76. The fraction of sp³-hybridized carbons (Fsp3) is 0.765. The number of nitrogens with zero attached hydrogens (tertiary/aromatic N) is 4. The van der Waals surface area contributed by atoms with E-state index in [2.05, 4.69) is 54.5 Å². The Balaban J connectivity index is 0.00000288. The van der Waals surface area contributed by atoms with Crippen LogP contribution in [0.3, 0.4) is 0 Å². The fourth-order valence-electron chi connectivity index (χ4n) is 3.01. The van der Waals surface area contributed by atoms with E-state index >= 15 is 0 Å². The van der Waals surface area contributed by atoms with Crippen LogP contribution in [-0.2, 0) is 13.5 Å². The number of aryl methyl sites for hydroxylation is 1. The number of hydrogen-bond acceptors (Lipinski definition) is 3. The van der Waals surface area contributed by atoms with Crippen LogP contribution in [0.1, 0.15) is 33.3 Å². The average Bonchev–Trinajstić information content (AvgIpc) is 3.06. The van der Waals surface area contributed by atoms with Gasteiger partial charge in [-0.15, -0.1) is 24.0 Å². The van der Waals surface area contributed by atoms with Crippen LogP contribution in [0.2, 0.25) is 0 Å². The molecule has 0 radical (unpaired) electrons. The Morgan fingerprint density at radius 3 is 2.71 bits per heavy atom. The van der Waals surface area contributed by atoms with Gasteiger partial charge in [0.25, 0.3) is 0 Å². The molecule has 1 aliphatic rings. The zero-order valence-electron chi connectivity index (χ0n) is 15.6. The van der Waals surface area contributed by atoms with Gasteiger partial charge in [0, 0.05) is 51.5 Å².